The molecule has 4 rings (SSSR count). The Balaban J connectivity index is 1.54. The van der Waals surface area contributed by atoms with Crippen LogP contribution in [0.15, 0.2) is 35.4 Å². The summed E-state index contributed by atoms with van der Waals surface area (Å²) in [5, 5.41) is 5.47. The average Bonchev–Trinajstić information content (AvgIpc) is 3.02. The Morgan fingerprint density at radius 3 is 2.48 bits per heavy atom. The fourth-order valence-corrected chi connectivity index (χ4v) is 6.07. The molecule has 1 aliphatic rings. The molecule has 1 aliphatic heterocycles. The summed E-state index contributed by atoms with van der Waals surface area (Å²) < 4.78 is 30.1. The Labute approximate surface area is 171 Å². The van der Waals surface area contributed by atoms with Gasteiger partial charge >= 0.3 is 0 Å². The number of pyridine rings is 2. The first-order chi connectivity index (χ1) is 13.8. The number of aryl methyl sites for hydroxylation is 1. The lowest BCUT2D eigenvalue weighted by molar-refractivity contribution is 0.316. The fraction of sp³-hybridized carbons (Fsp3) is 0.476. The molecular formula is C21H27N5O2S. The molecule has 0 saturated carbocycles. The molecule has 7 nitrogen and oxygen atoms in total. The molecule has 0 aromatic carbocycles. The zero-order valence-electron chi connectivity index (χ0n) is 17.3. The smallest absolute Gasteiger partial charge is 0.246 e. The Hall–Kier alpha value is -2.32. The lowest BCUT2D eigenvalue weighted by Crippen LogP contribution is -2.38. The van der Waals surface area contributed by atoms with Crippen LogP contribution in [0.3, 0.4) is 0 Å². The number of hydrogen-bond donors (Lipinski definition) is 0. The molecular weight excluding hydrogens is 386 g/mol. The van der Waals surface area contributed by atoms with Crippen LogP contribution in [0.2, 0.25) is 0 Å². The maximum Gasteiger partial charge on any atom is 0.246 e. The van der Waals surface area contributed by atoms with Gasteiger partial charge in [0.25, 0.3) is 0 Å². The van der Waals surface area contributed by atoms with Crippen molar-refractivity contribution < 1.29 is 8.42 Å². The molecule has 1 saturated heterocycles. The Kier molecular flexibility index (Phi) is 5.16. The topological polar surface area (TPSA) is 81.0 Å². The zero-order valence-corrected chi connectivity index (χ0v) is 18.1. The van der Waals surface area contributed by atoms with Crippen LogP contribution in [-0.4, -0.2) is 45.6 Å². The van der Waals surface area contributed by atoms with Gasteiger partial charge in [0, 0.05) is 42.3 Å². The predicted octanol–water partition coefficient (Wildman–Crippen LogP) is 3.59. The molecule has 0 radical (unpaired) electrons. The third kappa shape index (κ3) is 3.55. The summed E-state index contributed by atoms with van der Waals surface area (Å²) in [6.07, 6.45) is 3.25. The van der Waals surface area contributed by atoms with E-state index in [4.69, 9.17) is 4.98 Å². The van der Waals surface area contributed by atoms with Gasteiger partial charge in [0.05, 0.1) is 11.4 Å². The van der Waals surface area contributed by atoms with E-state index in [1.54, 1.807) is 22.1 Å². The van der Waals surface area contributed by atoms with Crippen molar-refractivity contribution in [1.82, 2.24) is 24.1 Å². The molecule has 0 aliphatic carbocycles. The minimum atomic E-state index is -3.56. The van der Waals surface area contributed by atoms with Crippen LogP contribution in [0.25, 0.3) is 11.0 Å². The van der Waals surface area contributed by atoms with Gasteiger partial charge in [0.1, 0.15) is 4.90 Å². The lowest BCUT2D eigenvalue weighted by Gasteiger charge is -2.31. The van der Waals surface area contributed by atoms with Gasteiger partial charge in [-0.05, 0) is 64.8 Å². The van der Waals surface area contributed by atoms with Crippen LogP contribution >= 0.6 is 0 Å². The monoisotopic (exact) mass is 413 g/mol. The number of piperidine rings is 1. The standard InChI is InChI=1S/C21H27N5O2S/c1-14(2)26-16(4)20(15(3)24-26)29(27,28)25-12-9-17(10-13-25)19-8-7-18-6-5-11-22-21(18)23-19/h5-8,11,14,17H,9-10,12-13H2,1-4H3. The summed E-state index contributed by atoms with van der Waals surface area (Å²) in [4.78, 5) is 9.40. The van der Waals surface area contributed by atoms with E-state index in [0.29, 0.717) is 29.4 Å². The minimum absolute atomic E-state index is 0.121. The summed E-state index contributed by atoms with van der Waals surface area (Å²) in [6, 6.07) is 8.10. The molecule has 4 heterocycles. The Bertz CT molecular complexity index is 1150. The van der Waals surface area contributed by atoms with Gasteiger partial charge in [0.2, 0.25) is 10.0 Å². The van der Waals surface area contributed by atoms with Crippen molar-refractivity contribution in [2.45, 2.75) is 57.4 Å². The second-order valence-electron chi connectivity index (χ2n) is 8.00. The van der Waals surface area contributed by atoms with Crippen LogP contribution in [0.1, 0.15) is 55.7 Å². The molecule has 154 valence electrons. The van der Waals surface area contributed by atoms with Gasteiger partial charge < -0.3 is 0 Å². The summed E-state index contributed by atoms with van der Waals surface area (Å²) in [7, 11) is -3.56. The molecule has 8 heteroatoms. The number of hydrogen-bond acceptors (Lipinski definition) is 5. The highest BCUT2D eigenvalue weighted by Gasteiger charge is 2.34. The first-order valence-electron chi connectivity index (χ1n) is 10.1. The third-order valence-corrected chi connectivity index (χ3v) is 7.86. The van der Waals surface area contributed by atoms with E-state index in [2.05, 4.69) is 10.1 Å². The van der Waals surface area contributed by atoms with Crippen molar-refractivity contribution in [3.63, 3.8) is 0 Å². The van der Waals surface area contributed by atoms with E-state index in [1.165, 1.54) is 0 Å². The molecule has 3 aromatic rings. The van der Waals surface area contributed by atoms with Crippen LogP contribution in [-0.2, 0) is 10.0 Å². The molecule has 3 aromatic heterocycles. The summed E-state index contributed by atoms with van der Waals surface area (Å²) in [5.41, 5.74) is 3.02. The van der Waals surface area contributed by atoms with E-state index in [1.807, 2.05) is 45.0 Å². The highest BCUT2D eigenvalue weighted by Crippen LogP contribution is 2.32. The predicted molar refractivity (Wildman–Crippen MR) is 112 cm³/mol. The van der Waals surface area contributed by atoms with E-state index in [0.717, 1.165) is 29.6 Å². The highest BCUT2D eigenvalue weighted by atomic mass is 32.2. The van der Waals surface area contributed by atoms with E-state index in [-0.39, 0.29) is 12.0 Å². The van der Waals surface area contributed by atoms with E-state index >= 15 is 0 Å². The average molecular weight is 414 g/mol. The number of aromatic nitrogens is 4. The summed E-state index contributed by atoms with van der Waals surface area (Å²) in [5.74, 6) is 0.244. The molecule has 0 amide bonds. The molecule has 0 unspecified atom stereocenters. The lowest BCUT2D eigenvalue weighted by atomic mass is 9.94. The molecule has 1 fully saturated rings. The summed E-state index contributed by atoms with van der Waals surface area (Å²) in [6.45, 7) is 8.60. The first kappa shape index (κ1) is 20.0. The van der Waals surface area contributed by atoms with Crippen molar-refractivity contribution in [1.29, 1.82) is 0 Å². The van der Waals surface area contributed by atoms with Crippen LogP contribution in [0.4, 0.5) is 0 Å². The Morgan fingerprint density at radius 2 is 1.83 bits per heavy atom. The first-order valence-corrected chi connectivity index (χ1v) is 11.5. The van der Waals surface area contributed by atoms with E-state index in [9.17, 15) is 8.42 Å². The second-order valence-corrected chi connectivity index (χ2v) is 9.88. The molecule has 29 heavy (non-hydrogen) atoms. The molecule has 0 spiro atoms. The highest BCUT2D eigenvalue weighted by molar-refractivity contribution is 7.89. The van der Waals surface area contributed by atoms with Gasteiger partial charge in [-0.2, -0.15) is 9.40 Å². The molecule has 0 atom stereocenters. The van der Waals surface area contributed by atoms with Gasteiger partial charge in [-0.25, -0.2) is 18.4 Å². The van der Waals surface area contributed by atoms with Crippen molar-refractivity contribution in [2.75, 3.05) is 13.1 Å². The number of rotatable bonds is 4. The Morgan fingerprint density at radius 1 is 1.10 bits per heavy atom. The summed E-state index contributed by atoms with van der Waals surface area (Å²) >= 11 is 0. The third-order valence-electron chi connectivity index (χ3n) is 5.70. The maximum absolute atomic E-state index is 13.3. The molecule has 0 N–H and O–H groups in total. The van der Waals surface area contributed by atoms with Crippen molar-refractivity contribution >= 4 is 21.1 Å². The largest absolute Gasteiger partial charge is 0.266 e. The minimum Gasteiger partial charge on any atom is -0.266 e. The van der Waals surface area contributed by atoms with Gasteiger partial charge in [0.15, 0.2) is 5.65 Å². The fourth-order valence-electron chi connectivity index (χ4n) is 4.24. The van der Waals surface area contributed by atoms with Crippen LogP contribution in [0, 0.1) is 13.8 Å². The molecule has 0 bridgehead atoms. The van der Waals surface area contributed by atoms with Crippen molar-refractivity contribution in [2.24, 2.45) is 0 Å². The normalized spacial score (nSPS) is 16.7. The van der Waals surface area contributed by atoms with E-state index < -0.39 is 10.0 Å². The van der Waals surface area contributed by atoms with Gasteiger partial charge in [-0.3, -0.25) is 4.68 Å². The number of nitrogens with zero attached hydrogens (tertiary/aromatic N) is 5. The second kappa shape index (κ2) is 7.50. The van der Waals surface area contributed by atoms with Gasteiger partial charge in [-0.15, -0.1) is 0 Å². The van der Waals surface area contributed by atoms with Gasteiger partial charge in [-0.1, -0.05) is 0 Å². The van der Waals surface area contributed by atoms with Crippen LogP contribution in [0.5, 0.6) is 0 Å². The van der Waals surface area contributed by atoms with Crippen molar-refractivity contribution in [3.8, 4) is 0 Å². The number of fused-ring (bicyclic) bond motifs is 1. The van der Waals surface area contributed by atoms with Crippen molar-refractivity contribution in [3.05, 3.63) is 47.5 Å². The quantitative estimate of drug-likeness (QED) is 0.653. The SMILES string of the molecule is Cc1nn(C(C)C)c(C)c1S(=O)(=O)N1CCC(c2ccc3cccnc3n2)CC1. The zero-order chi connectivity index (χ0) is 20.8. The number of sulfonamides is 1. The maximum atomic E-state index is 13.3. The van der Waals surface area contributed by atoms with Crippen LogP contribution < -0.4 is 0 Å².